The Bertz CT molecular complexity index is 395. The summed E-state index contributed by atoms with van der Waals surface area (Å²) >= 11 is 6.09. The van der Waals surface area contributed by atoms with E-state index in [4.69, 9.17) is 11.6 Å². The molecule has 0 heterocycles. The second-order valence-electron chi connectivity index (χ2n) is 4.50. The molecule has 0 aliphatic rings. The van der Waals surface area contributed by atoms with E-state index < -0.39 is 0 Å². The standard InChI is InChI=1S/C14H21ClN2O/c1-4-10(2)16-9-14(18)17-11(3)12-7-5-6-8-13(12)15/h5-8,10-11,16H,4,9H2,1-3H3,(H,17,18). The summed E-state index contributed by atoms with van der Waals surface area (Å²) in [5.41, 5.74) is 0.941. The van der Waals surface area contributed by atoms with E-state index in [2.05, 4.69) is 24.5 Å². The SMILES string of the molecule is CCC(C)NCC(=O)NC(C)c1ccccc1Cl. The molecule has 0 aliphatic heterocycles. The molecule has 0 bridgehead atoms. The van der Waals surface area contributed by atoms with Crippen LogP contribution in [0.3, 0.4) is 0 Å². The molecule has 2 unspecified atom stereocenters. The summed E-state index contributed by atoms with van der Waals surface area (Å²) in [6, 6.07) is 7.83. The van der Waals surface area contributed by atoms with E-state index in [0.29, 0.717) is 17.6 Å². The van der Waals surface area contributed by atoms with E-state index >= 15 is 0 Å². The number of carbonyl (C=O) groups excluding carboxylic acids is 1. The third-order valence-electron chi connectivity index (χ3n) is 2.97. The summed E-state index contributed by atoms with van der Waals surface area (Å²) in [6.45, 7) is 6.42. The highest BCUT2D eigenvalue weighted by atomic mass is 35.5. The summed E-state index contributed by atoms with van der Waals surface area (Å²) in [5.74, 6) is -0.0114. The highest BCUT2D eigenvalue weighted by Crippen LogP contribution is 2.21. The Hall–Kier alpha value is -1.06. The van der Waals surface area contributed by atoms with Gasteiger partial charge in [-0.1, -0.05) is 36.7 Å². The Balaban J connectivity index is 2.47. The molecule has 0 saturated heterocycles. The molecular weight excluding hydrogens is 248 g/mol. The molecule has 0 fully saturated rings. The van der Waals surface area contributed by atoms with E-state index in [1.165, 1.54) is 0 Å². The minimum absolute atomic E-state index is 0.0114. The molecule has 1 aromatic carbocycles. The number of carbonyl (C=O) groups is 1. The lowest BCUT2D eigenvalue weighted by atomic mass is 10.1. The van der Waals surface area contributed by atoms with E-state index in [0.717, 1.165) is 12.0 Å². The van der Waals surface area contributed by atoms with Crippen LogP contribution in [0.1, 0.15) is 38.8 Å². The molecule has 4 heteroatoms. The van der Waals surface area contributed by atoms with Gasteiger partial charge in [0.25, 0.3) is 0 Å². The molecular formula is C14H21ClN2O. The molecule has 0 aliphatic carbocycles. The highest BCUT2D eigenvalue weighted by molar-refractivity contribution is 6.31. The van der Waals surface area contributed by atoms with Crippen molar-refractivity contribution in [2.24, 2.45) is 0 Å². The lowest BCUT2D eigenvalue weighted by molar-refractivity contribution is -0.121. The molecule has 18 heavy (non-hydrogen) atoms. The Morgan fingerprint density at radius 1 is 1.33 bits per heavy atom. The summed E-state index contributed by atoms with van der Waals surface area (Å²) in [6.07, 6.45) is 1.01. The third-order valence-corrected chi connectivity index (χ3v) is 3.32. The van der Waals surface area contributed by atoms with Crippen molar-refractivity contribution in [1.29, 1.82) is 0 Å². The van der Waals surface area contributed by atoms with Crippen molar-refractivity contribution in [3.63, 3.8) is 0 Å². The van der Waals surface area contributed by atoms with Crippen LogP contribution in [0.2, 0.25) is 5.02 Å². The van der Waals surface area contributed by atoms with Crippen LogP contribution in [0.4, 0.5) is 0 Å². The first-order valence-electron chi connectivity index (χ1n) is 6.31. The van der Waals surface area contributed by atoms with Crippen LogP contribution >= 0.6 is 11.6 Å². The molecule has 0 spiro atoms. The minimum atomic E-state index is -0.0788. The zero-order valence-corrected chi connectivity index (χ0v) is 11.9. The van der Waals surface area contributed by atoms with Gasteiger partial charge in [-0.15, -0.1) is 0 Å². The average Bonchev–Trinajstić information content (AvgIpc) is 2.36. The van der Waals surface area contributed by atoms with E-state index in [-0.39, 0.29) is 11.9 Å². The van der Waals surface area contributed by atoms with Crippen molar-refractivity contribution in [2.45, 2.75) is 39.3 Å². The van der Waals surface area contributed by atoms with Gasteiger partial charge in [-0.25, -0.2) is 0 Å². The van der Waals surface area contributed by atoms with Gasteiger partial charge in [0, 0.05) is 11.1 Å². The van der Waals surface area contributed by atoms with Gasteiger partial charge in [0.1, 0.15) is 0 Å². The first-order valence-corrected chi connectivity index (χ1v) is 6.69. The zero-order valence-electron chi connectivity index (χ0n) is 11.2. The number of hydrogen-bond acceptors (Lipinski definition) is 2. The van der Waals surface area contributed by atoms with E-state index in [1.54, 1.807) is 0 Å². The summed E-state index contributed by atoms with van der Waals surface area (Å²) < 4.78 is 0. The van der Waals surface area contributed by atoms with Gasteiger partial charge >= 0.3 is 0 Å². The Morgan fingerprint density at radius 3 is 2.61 bits per heavy atom. The minimum Gasteiger partial charge on any atom is -0.348 e. The van der Waals surface area contributed by atoms with E-state index in [9.17, 15) is 4.79 Å². The molecule has 0 aromatic heterocycles. The fraction of sp³-hybridized carbons (Fsp3) is 0.500. The number of benzene rings is 1. The molecule has 3 nitrogen and oxygen atoms in total. The van der Waals surface area contributed by atoms with Crippen LogP contribution in [0.25, 0.3) is 0 Å². The second-order valence-corrected chi connectivity index (χ2v) is 4.91. The van der Waals surface area contributed by atoms with Gasteiger partial charge in [0.2, 0.25) is 5.91 Å². The number of nitrogens with one attached hydrogen (secondary N) is 2. The molecule has 1 aromatic rings. The quantitative estimate of drug-likeness (QED) is 0.833. The molecule has 2 atom stereocenters. The zero-order chi connectivity index (χ0) is 13.5. The van der Waals surface area contributed by atoms with Gasteiger partial charge < -0.3 is 10.6 Å². The number of amides is 1. The largest absolute Gasteiger partial charge is 0.348 e. The van der Waals surface area contributed by atoms with Crippen LogP contribution in [0.5, 0.6) is 0 Å². The average molecular weight is 269 g/mol. The second kappa shape index (κ2) is 7.39. The normalized spacial score (nSPS) is 14.0. The Kier molecular flexibility index (Phi) is 6.16. The highest BCUT2D eigenvalue weighted by Gasteiger charge is 2.12. The Morgan fingerprint density at radius 2 is 2.00 bits per heavy atom. The number of rotatable bonds is 6. The van der Waals surface area contributed by atoms with E-state index in [1.807, 2.05) is 31.2 Å². The van der Waals surface area contributed by atoms with Crippen molar-refractivity contribution in [1.82, 2.24) is 10.6 Å². The molecule has 1 rings (SSSR count). The molecule has 100 valence electrons. The first-order chi connectivity index (χ1) is 8.54. The maximum absolute atomic E-state index is 11.7. The summed E-state index contributed by atoms with van der Waals surface area (Å²) in [4.78, 5) is 11.7. The van der Waals surface area contributed by atoms with Crippen molar-refractivity contribution in [3.8, 4) is 0 Å². The maximum Gasteiger partial charge on any atom is 0.234 e. The van der Waals surface area contributed by atoms with Crippen LogP contribution in [-0.2, 0) is 4.79 Å². The maximum atomic E-state index is 11.7. The first kappa shape index (κ1) is 15.0. The van der Waals surface area contributed by atoms with Gasteiger partial charge in [0.15, 0.2) is 0 Å². The van der Waals surface area contributed by atoms with Crippen molar-refractivity contribution >= 4 is 17.5 Å². The van der Waals surface area contributed by atoms with Gasteiger partial charge in [0.05, 0.1) is 12.6 Å². The third kappa shape index (κ3) is 4.67. The van der Waals surface area contributed by atoms with Crippen LogP contribution in [-0.4, -0.2) is 18.5 Å². The summed E-state index contributed by atoms with van der Waals surface area (Å²) in [7, 11) is 0. The molecule has 2 N–H and O–H groups in total. The predicted molar refractivity (Wildman–Crippen MR) is 75.8 cm³/mol. The summed E-state index contributed by atoms with van der Waals surface area (Å²) in [5, 5.41) is 6.77. The van der Waals surface area contributed by atoms with Crippen molar-refractivity contribution in [3.05, 3.63) is 34.9 Å². The smallest absolute Gasteiger partial charge is 0.234 e. The van der Waals surface area contributed by atoms with Crippen LogP contribution < -0.4 is 10.6 Å². The number of halogens is 1. The van der Waals surface area contributed by atoms with Gasteiger partial charge in [-0.2, -0.15) is 0 Å². The van der Waals surface area contributed by atoms with Gasteiger partial charge in [-0.3, -0.25) is 4.79 Å². The van der Waals surface area contributed by atoms with Crippen molar-refractivity contribution in [2.75, 3.05) is 6.54 Å². The molecule has 1 amide bonds. The van der Waals surface area contributed by atoms with Crippen LogP contribution in [0.15, 0.2) is 24.3 Å². The topological polar surface area (TPSA) is 41.1 Å². The lowest BCUT2D eigenvalue weighted by Gasteiger charge is -2.17. The fourth-order valence-electron chi connectivity index (χ4n) is 1.61. The van der Waals surface area contributed by atoms with Gasteiger partial charge in [-0.05, 0) is 31.9 Å². The molecule has 0 radical (unpaired) electrons. The monoisotopic (exact) mass is 268 g/mol. The van der Waals surface area contributed by atoms with Crippen molar-refractivity contribution < 1.29 is 4.79 Å². The fourth-order valence-corrected chi connectivity index (χ4v) is 1.91. The number of hydrogen-bond donors (Lipinski definition) is 2. The van der Waals surface area contributed by atoms with Crippen LogP contribution in [0, 0.1) is 0 Å². The lowest BCUT2D eigenvalue weighted by Crippen LogP contribution is -2.38. The Labute approximate surface area is 114 Å². The predicted octanol–water partition coefficient (Wildman–Crippen LogP) is 2.91. The molecule has 0 saturated carbocycles.